The fourth-order valence-corrected chi connectivity index (χ4v) is 3.19. The first-order valence-corrected chi connectivity index (χ1v) is 10.4. The summed E-state index contributed by atoms with van der Waals surface area (Å²) in [7, 11) is 0. The summed E-state index contributed by atoms with van der Waals surface area (Å²) in [4.78, 5) is 22.5. The molecule has 2 rings (SSSR count). The zero-order chi connectivity index (χ0) is 22.6. The molecule has 0 atom stereocenters. The van der Waals surface area contributed by atoms with Gasteiger partial charge in [0.2, 0.25) is 0 Å². The van der Waals surface area contributed by atoms with Gasteiger partial charge in [0.1, 0.15) is 0 Å². The van der Waals surface area contributed by atoms with Gasteiger partial charge in [-0.3, -0.25) is 20.2 Å². The van der Waals surface area contributed by atoms with E-state index in [2.05, 4.69) is 0 Å². The Bertz CT molecular complexity index is 889. The zero-order valence-corrected chi connectivity index (χ0v) is 18.0. The molecule has 0 aliphatic heterocycles. The molecule has 0 aromatic heterocycles. The smallest absolute Gasteiger partial charge is 0.282 e. The molecule has 164 valence electrons. The number of rotatable bonds is 12. The topological polar surface area (TPSA) is 95.5 Å². The molecule has 7 nitrogen and oxygen atoms in total. The molecule has 0 amide bonds. The maximum Gasteiger partial charge on any atom is 0.282 e. The molecule has 0 spiro atoms. The third-order valence-electron chi connectivity index (χ3n) is 4.69. The second-order valence-electron chi connectivity index (χ2n) is 7.10. The molecule has 2 aromatic rings. The summed E-state index contributed by atoms with van der Waals surface area (Å²) >= 11 is 0. The van der Waals surface area contributed by atoms with Crippen molar-refractivity contribution in [2.75, 3.05) is 0 Å². The highest BCUT2D eigenvalue weighted by Gasteiger charge is 2.20. The van der Waals surface area contributed by atoms with Crippen molar-refractivity contribution in [2.45, 2.75) is 52.7 Å². The number of ether oxygens (including phenoxy) is 1. The van der Waals surface area contributed by atoms with Gasteiger partial charge >= 0.3 is 0 Å². The van der Waals surface area contributed by atoms with Crippen LogP contribution in [0, 0.1) is 20.2 Å². The Morgan fingerprint density at radius 2 is 1.19 bits per heavy atom. The van der Waals surface area contributed by atoms with Gasteiger partial charge in [0, 0.05) is 0 Å². The Kier molecular flexibility index (Phi) is 9.58. The minimum Gasteiger partial charge on any atom is -0.372 e. The van der Waals surface area contributed by atoms with E-state index in [0.717, 1.165) is 25.7 Å². The Morgan fingerprint density at radius 3 is 1.55 bits per heavy atom. The van der Waals surface area contributed by atoms with Crippen LogP contribution in [-0.4, -0.2) is 9.85 Å². The lowest BCUT2D eigenvalue weighted by molar-refractivity contribution is -0.386. The Labute approximate surface area is 182 Å². The summed E-state index contributed by atoms with van der Waals surface area (Å²) in [6.45, 7) is 4.05. The van der Waals surface area contributed by atoms with Gasteiger partial charge in [0.15, 0.2) is 0 Å². The second kappa shape index (κ2) is 12.4. The van der Waals surface area contributed by atoms with Crippen LogP contribution in [0.4, 0.5) is 11.4 Å². The van der Waals surface area contributed by atoms with Crippen LogP contribution in [0.3, 0.4) is 0 Å². The number of hydrogen-bond acceptors (Lipinski definition) is 5. The lowest BCUT2D eigenvalue weighted by Gasteiger charge is -2.09. The summed E-state index contributed by atoms with van der Waals surface area (Å²) < 4.78 is 5.69. The Balaban J connectivity index is 2.22. The Morgan fingerprint density at radius 1 is 0.774 bits per heavy atom. The summed E-state index contributed by atoms with van der Waals surface area (Å²) in [5.74, 6) is 0. The van der Waals surface area contributed by atoms with E-state index in [1.165, 1.54) is 0 Å². The van der Waals surface area contributed by atoms with Crippen LogP contribution < -0.4 is 0 Å². The molecule has 2 aromatic carbocycles. The van der Waals surface area contributed by atoms with Crippen LogP contribution in [0.25, 0.3) is 12.2 Å². The van der Waals surface area contributed by atoms with Gasteiger partial charge in [-0.05, 0) is 37.1 Å². The number of benzene rings is 2. The summed E-state index contributed by atoms with van der Waals surface area (Å²) in [5, 5.41) is 23.3. The lowest BCUT2D eigenvalue weighted by Crippen LogP contribution is -2.03. The quantitative estimate of drug-likeness (QED) is 0.274. The van der Waals surface area contributed by atoms with Gasteiger partial charge in [-0.15, -0.1) is 0 Å². The maximum atomic E-state index is 11.6. The molecule has 0 saturated carbocycles. The number of hydrogen-bond donors (Lipinski definition) is 0. The van der Waals surface area contributed by atoms with Crippen molar-refractivity contribution < 1.29 is 14.6 Å². The van der Waals surface area contributed by atoms with E-state index >= 15 is 0 Å². The van der Waals surface area contributed by atoms with Crippen molar-refractivity contribution in [3.63, 3.8) is 0 Å². The number of para-hydroxylation sites is 2. The third-order valence-corrected chi connectivity index (χ3v) is 4.69. The highest BCUT2D eigenvalue weighted by Crippen LogP contribution is 2.29. The number of nitro benzene ring substituents is 2. The van der Waals surface area contributed by atoms with E-state index in [9.17, 15) is 20.2 Å². The van der Waals surface area contributed by atoms with Gasteiger partial charge in [-0.2, -0.15) is 0 Å². The van der Waals surface area contributed by atoms with Gasteiger partial charge < -0.3 is 4.74 Å². The first-order valence-electron chi connectivity index (χ1n) is 10.4. The molecule has 7 heteroatoms. The molecular formula is C24H28N2O5. The Hall–Kier alpha value is -3.32. The minimum atomic E-state index is -0.411. The van der Waals surface area contributed by atoms with E-state index in [-0.39, 0.29) is 24.6 Å². The van der Waals surface area contributed by atoms with Crippen molar-refractivity contribution in [3.8, 4) is 0 Å². The largest absolute Gasteiger partial charge is 0.372 e. The molecule has 0 aliphatic carbocycles. The fraction of sp³-hybridized carbons (Fsp3) is 0.333. The number of allylic oxidation sites excluding steroid dienone is 2. The van der Waals surface area contributed by atoms with Crippen molar-refractivity contribution in [1.29, 1.82) is 0 Å². The van der Waals surface area contributed by atoms with E-state index in [0.29, 0.717) is 22.3 Å². The fourth-order valence-electron chi connectivity index (χ4n) is 3.19. The molecule has 0 aliphatic rings. The van der Waals surface area contributed by atoms with Gasteiger partial charge in [-0.1, -0.05) is 63.1 Å². The molecule has 31 heavy (non-hydrogen) atoms. The zero-order valence-electron chi connectivity index (χ0n) is 18.0. The normalized spacial score (nSPS) is 11.4. The van der Waals surface area contributed by atoms with Crippen molar-refractivity contribution in [2.24, 2.45) is 0 Å². The van der Waals surface area contributed by atoms with E-state index in [4.69, 9.17) is 4.74 Å². The SMILES string of the molecule is CCCC=Cc1cccc(COCc2cccc(C=CCCC)c2[N+](=O)[O-])c1[N+](=O)[O-]. The van der Waals surface area contributed by atoms with E-state index in [1.54, 1.807) is 48.6 Å². The summed E-state index contributed by atoms with van der Waals surface area (Å²) in [6, 6.07) is 10.2. The highest BCUT2D eigenvalue weighted by atomic mass is 16.6. The van der Waals surface area contributed by atoms with E-state index < -0.39 is 9.85 Å². The van der Waals surface area contributed by atoms with Crippen molar-refractivity contribution >= 4 is 23.5 Å². The average molecular weight is 424 g/mol. The van der Waals surface area contributed by atoms with E-state index in [1.807, 2.05) is 26.0 Å². The molecular weight excluding hydrogens is 396 g/mol. The van der Waals surface area contributed by atoms with Gasteiger partial charge in [-0.25, -0.2) is 0 Å². The van der Waals surface area contributed by atoms with Crippen LogP contribution >= 0.6 is 0 Å². The van der Waals surface area contributed by atoms with Crippen molar-refractivity contribution in [1.82, 2.24) is 0 Å². The number of unbranched alkanes of at least 4 members (excludes halogenated alkanes) is 2. The van der Waals surface area contributed by atoms with Crippen LogP contribution in [0.15, 0.2) is 48.6 Å². The minimum absolute atomic E-state index is 0.000558. The standard InChI is InChI=1S/C24H28N2O5/c1-3-5-7-11-19-13-9-15-21(23(19)25(27)28)17-31-18-22-16-10-14-20(12-8-6-4-2)24(22)26(29)30/h7-16H,3-6,17-18H2,1-2H3. The maximum absolute atomic E-state index is 11.6. The lowest BCUT2D eigenvalue weighted by atomic mass is 10.1. The van der Waals surface area contributed by atoms with Crippen LogP contribution in [-0.2, 0) is 18.0 Å². The molecule has 0 N–H and O–H groups in total. The molecule has 0 unspecified atom stereocenters. The van der Waals surface area contributed by atoms with Gasteiger partial charge in [0.05, 0.1) is 45.3 Å². The average Bonchev–Trinajstić information content (AvgIpc) is 2.74. The van der Waals surface area contributed by atoms with Crippen molar-refractivity contribution in [3.05, 3.63) is 91.0 Å². The predicted octanol–water partition coefficient (Wildman–Crippen LogP) is 6.85. The first kappa shape index (κ1) is 24.0. The molecule has 0 fully saturated rings. The van der Waals surface area contributed by atoms with Gasteiger partial charge in [0.25, 0.3) is 11.4 Å². The third kappa shape index (κ3) is 6.86. The monoisotopic (exact) mass is 424 g/mol. The summed E-state index contributed by atoms with van der Waals surface area (Å²) in [5.41, 5.74) is 1.92. The van der Waals surface area contributed by atoms with Crippen LogP contribution in [0.1, 0.15) is 61.8 Å². The number of nitrogens with zero attached hydrogens (tertiary/aromatic N) is 2. The van der Waals surface area contributed by atoms with Crippen LogP contribution in [0.2, 0.25) is 0 Å². The molecule has 0 heterocycles. The predicted molar refractivity (Wildman–Crippen MR) is 123 cm³/mol. The van der Waals surface area contributed by atoms with Crippen LogP contribution in [0.5, 0.6) is 0 Å². The number of nitro groups is 2. The first-order chi connectivity index (χ1) is 15.0. The highest BCUT2D eigenvalue weighted by molar-refractivity contribution is 5.64. The second-order valence-corrected chi connectivity index (χ2v) is 7.10. The molecule has 0 radical (unpaired) electrons. The summed E-state index contributed by atoms with van der Waals surface area (Å²) in [6.07, 6.45) is 10.9. The molecule has 0 saturated heterocycles. The molecule has 0 bridgehead atoms.